The summed E-state index contributed by atoms with van der Waals surface area (Å²) in [5.74, 6) is -0.985. The molecule has 0 amide bonds. The lowest BCUT2D eigenvalue weighted by molar-refractivity contribution is -0.166. The first-order chi connectivity index (χ1) is 34.5. The molecule has 0 aromatic rings. The van der Waals surface area contributed by atoms with Crippen LogP contribution in [-0.2, 0) is 28.6 Å². The van der Waals surface area contributed by atoms with Crippen molar-refractivity contribution >= 4 is 17.9 Å². The molecule has 1 atom stereocenters. The van der Waals surface area contributed by atoms with Gasteiger partial charge in [-0.3, -0.25) is 14.4 Å². The van der Waals surface area contributed by atoms with E-state index in [2.05, 4.69) is 99.8 Å². The fourth-order valence-electron chi connectivity index (χ4n) is 8.23. The van der Waals surface area contributed by atoms with E-state index in [0.29, 0.717) is 19.3 Å². The average Bonchev–Trinajstić information content (AvgIpc) is 3.36. The highest BCUT2D eigenvalue weighted by Crippen LogP contribution is 2.16. The average molecular weight is 976 g/mol. The van der Waals surface area contributed by atoms with E-state index < -0.39 is 12.1 Å². The van der Waals surface area contributed by atoms with Gasteiger partial charge >= 0.3 is 17.9 Å². The van der Waals surface area contributed by atoms with Crippen molar-refractivity contribution in [1.29, 1.82) is 0 Å². The van der Waals surface area contributed by atoms with Gasteiger partial charge in [-0.15, -0.1) is 0 Å². The zero-order valence-electron chi connectivity index (χ0n) is 46.0. The fourth-order valence-corrected chi connectivity index (χ4v) is 8.23. The third-order valence-electron chi connectivity index (χ3n) is 12.6. The monoisotopic (exact) mass is 975 g/mol. The Balaban J connectivity index is 4.36. The number of unbranched alkanes of at least 4 members (excludes halogenated alkanes) is 28. The van der Waals surface area contributed by atoms with Crippen molar-refractivity contribution in [2.24, 2.45) is 0 Å². The molecule has 0 N–H and O–H groups in total. The van der Waals surface area contributed by atoms with Crippen LogP contribution in [0, 0.1) is 0 Å². The smallest absolute Gasteiger partial charge is 0.306 e. The molecule has 0 aliphatic heterocycles. The van der Waals surface area contributed by atoms with Gasteiger partial charge in [0.2, 0.25) is 0 Å². The van der Waals surface area contributed by atoms with Crippen LogP contribution in [0.2, 0.25) is 0 Å². The van der Waals surface area contributed by atoms with Crippen molar-refractivity contribution in [1.82, 2.24) is 0 Å². The van der Waals surface area contributed by atoms with Crippen LogP contribution in [0.25, 0.3) is 0 Å². The predicted octanol–water partition coefficient (Wildman–Crippen LogP) is 19.9. The molecule has 0 aliphatic carbocycles. The zero-order chi connectivity index (χ0) is 50.7. The van der Waals surface area contributed by atoms with Gasteiger partial charge in [-0.1, -0.05) is 266 Å². The summed E-state index contributed by atoms with van der Waals surface area (Å²) < 4.78 is 16.8. The van der Waals surface area contributed by atoms with E-state index in [4.69, 9.17) is 14.2 Å². The second kappa shape index (κ2) is 58.2. The highest BCUT2D eigenvalue weighted by molar-refractivity contribution is 5.71. The van der Waals surface area contributed by atoms with Crippen LogP contribution in [0.5, 0.6) is 0 Å². The number of hydrogen-bond acceptors (Lipinski definition) is 6. The summed E-state index contributed by atoms with van der Waals surface area (Å²) in [4.78, 5) is 38.1. The molecule has 0 aromatic heterocycles. The molecule has 6 heteroatoms. The summed E-state index contributed by atoms with van der Waals surface area (Å²) in [6, 6.07) is 0. The highest BCUT2D eigenvalue weighted by atomic mass is 16.6. The number of rotatable bonds is 53. The van der Waals surface area contributed by atoms with Crippen molar-refractivity contribution in [2.45, 2.75) is 290 Å². The Kier molecular flexibility index (Phi) is 55.3. The summed E-state index contributed by atoms with van der Waals surface area (Å²) in [6.45, 7) is 6.47. The Morgan fingerprint density at radius 3 is 0.929 bits per heavy atom. The first-order valence-corrected chi connectivity index (χ1v) is 29.6. The molecule has 0 saturated heterocycles. The molecule has 0 bridgehead atoms. The van der Waals surface area contributed by atoms with Gasteiger partial charge in [0.1, 0.15) is 13.2 Å². The lowest BCUT2D eigenvalue weighted by Gasteiger charge is -2.18. The Bertz CT molecular complexity index is 1350. The summed E-state index contributed by atoms with van der Waals surface area (Å²) in [6.07, 6.45) is 76.0. The van der Waals surface area contributed by atoms with E-state index in [1.54, 1.807) is 0 Å². The predicted molar refractivity (Wildman–Crippen MR) is 302 cm³/mol. The number of carbonyl (C=O) groups excluding carboxylic acids is 3. The van der Waals surface area contributed by atoms with Gasteiger partial charge in [0.25, 0.3) is 0 Å². The minimum absolute atomic E-state index is 0.105. The highest BCUT2D eigenvalue weighted by Gasteiger charge is 2.19. The summed E-state index contributed by atoms with van der Waals surface area (Å²) >= 11 is 0. The molecular formula is C64H110O6. The number of ether oxygens (including phenoxy) is 3. The molecule has 0 aromatic carbocycles. The second-order valence-electron chi connectivity index (χ2n) is 19.5. The van der Waals surface area contributed by atoms with Crippen LogP contribution in [-0.4, -0.2) is 37.2 Å². The third kappa shape index (κ3) is 55.5. The van der Waals surface area contributed by atoms with Gasteiger partial charge in [0.15, 0.2) is 6.10 Å². The van der Waals surface area contributed by atoms with Crippen LogP contribution < -0.4 is 0 Å². The van der Waals surface area contributed by atoms with Crippen molar-refractivity contribution in [3.63, 3.8) is 0 Å². The van der Waals surface area contributed by atoms with Crippen LogP contribution in [0.15, 0.2) is 85.1 Å². The van der Waals surface area contributed by atoms with Gasteiger partial charge < -0.3 is 14.2 Å². The minimum atomic E-state index is -0.815. The van der Waals surface area contributed by atoms with Crippen molar-refractivity contribution in [3.05, 3.63) is 85.1 Å². The molecule has 0 radical (unpaired) electrons. The molecule has 0 saturated carbocycles. The quantitative estimate of drug-likeness (QED) is 0.0261. The SMILES string of the molecule is CC/C=C\C/C=C\C/C=C\C/C=C\C/C=C\C/C=C\CCC(=O)OC(COC(=O)CCCCCCCCCCCC)COC(=O)CCCCCCCCCCCCC/C=C\CCCCCCCCCC. The number of esters is 3. The zero-order valence-corrected chi connectivity index (χ0v) is 46.0. The largest absolute Gasteiger partial charge is 0.462 e. The van der Waals surface area contributed by atoms with Crippen LogP contribution >= 0.6 is 0 Å². The summed E-state index contributed by atoms with van der Waals surface area (Å²) in [5.41, 5.74) is 0. The lowest BCUT2D eigenvalue weighted by atomic mass is 10.0. The topological polar surface area (TPSA) is 78.9 Å². The molecule has 0 heterocycles. The maximum Gasteiger partial charge on any atom is 0.306 e. The first-order valence-electron chi connectivity index (χ1n) is 29.6. The van der Waals surface area contributed by atoms with Crippen LogP contribution in [0.3, 0.4) is 0 Å². The molecule has 0 spiro atoms. The Morgan fingerprint density at radius 1 is 0.300 bits per heavy atom. The lowest BCUT2D eigenvalue weighted by Crippen LogP contribution is -2.30. The van der Waals surface area contributed by atoms with Gasteiger partial charge in [0.05, 0.1) is 0 Å². The van der Waals surface area contributed by atoms with Crippen LogP contribution in [0.1, 0.15) is 284 Å². The van der Waals surface area contributed by atoms with Crippen molar-refractivity contribution < 1.29 is 28.6 Å². The maximum atomic E-state index is 12.8. The van der Waals surface area contributed by atoms with E-state index in [9.17, 15) is 14.4 Å². The number of hydrogen-bond donors (Lipinski definition) is 0. The fraction of sp³-hybridized carbons (Fsp3) is 0.734. The number of allylic oxidation sites excluding steroid dienone is 14. The Labute approximate surface area is 433 Å². The molecule has 70 heavy (non-hydrogen) atoms. The van der Waals surface area contributed by atoms with E-state index in [0.717, 1.165) is 77.0 Å². The second-order valence-corrected chi connectivity index (χ2v) is 19.5. The van der Waals surface area contributed by atoms with E-state index in [-0.39, 0.29) is 31.6 Å². The summed E-state index contributed by atoms with van der Waals surface area (Å²) in [7, 11) is 0. The van der Waals surface area contributed by atoms with E-state index in [1.165, 1.54) is 161 Å². The standard InChI is InChI=1S/C64H110O6/c1-4-7-10-13-16-19-22-24-26-28-30-31-32-33-35-36-38-40-42-45-48-51-54-57-63(66)69-60-61(59-68-62(65)56-53-50-47-44-21-18-15-12-9-6-3)70-64(67)58-55-52-49-46-43-41-39-37-34-29-27-25-23-20-17-14-11-8-5-2/h8,11,17,20,25,27-28,30,34,37,41,43,49,52,61H,4-7,9-10,12-16,18-19,21-24,26,29,31-33,35-36,38-40,42,44-48,50-51,53-60H2,1-3H3/b11-8-,20-17-,27-25-,30-28-,37-34-,43-41-,52-49-. The minimum Gasteiger partial charge on any atom is -0.462 e. The molecule has 0 aliphatic rings. The molecule has 6 nitrogen and oxygen atoms in total. The van der Waals surface area contributed by atoms with Gasteiger partial charge in [-0.05, 0) is 83.5 Å². The van der Waals surface area contributed by atoms with E-state index in [1.807, 2.05) is 6.08 Å². The Hall–Kier alpha value is -3.41. The van der Waals surface area contributed by atoms with Gasteiger partial charge in [0, 0.05) is 19.3 Å². The Morgan fingerprint density at radius 2 is 0.586 bits per heavy atom. The summed E-state index contributed by atoms with van der Waals surface area (Å²) in [5, 5.41) is 0. The number of carbonyl (C=O) groups is 3. The normalized spacial score (nSPS) is 12.7. The molecule has 1 unspecified atom stereocenters. The van der Waals surface area contributed by atoms with Gasteiger partial charge in [-0.2, -0.15) is 0 Å². The maximum absolute atomic E-state index is 12.8. The molecule has 0 rings (SSSR count). The van der Waals surface area contributed by atoms with Crippen molar-refractivity contribution in [2.75, 3.05) is 13.2 Å². The van der Waals surface area contributed by atoms with E-state index >= 15 is 0 Å². The van der Waals surface area contributed by atoms with Crippen molar-refractivity contribution in [3.8, 4) is 0 Å². The molecule has 402 valence electrons. The molecule has 0 fully saturated rings. The van der Waals surface area contributed by atoms with Gasteiger partial charge in [-0.25, -0.2) is 0 Å². The first kappa shape index (κ1) is 66.6. The third-order valence-corrected chi connectivity index (χ3v) is 12.6. The van der Waals surface area contributed by atoms with Crippen LogP contribution in [0.4, 0.5) is 0 Å². The molecular weight excluding hydrogens is 865 g/mol.